The number of hydrogen-bond acceptors (Lipinski definition) is 4. The Bertz CT molecular complexity index is 2110. The molecule has 2 aromatic heterocycles. The molecule has 2 heterocycles. The van der Waals surface area contributed by atoms with E-state index in [0.29, 0.717) is 52.1 Å². The van der Waals surface area contributed by atoms with E-state index in [9.17, 15) is 27.6 Å². The van der Waals surface area contributed by atoms with E-state index in [-0.39, 0.29) is 11.6 Å². The van der Waals surface area contributed by atoms with Gasteiger partial charge in [-0.1, -0.05) is 84.9 Å². The smallest absolute Gasteiger partial charge is 0.339 e. The summed E-state index contributed by atoms with van der Waals surface area (Å²) >= 11 is 0. The van der Waals surface area contributed by atoms with Crippen LogP contribution in [0.1, 0.15) is 33.2 Å². The third kappa shape index (κ3) is 7.05. The van der Waals surface area contributed by atoms with Crippen molar-refractivity contribution in [3.8, 4) is 22.3 Å². The highest BCUT2D eigenvalue weighted by atomic mass is 19.4. The number of likely N-dealkylation sites (N-methyl/N-ethyl adjacent to an activating group) is 1. The lowest BCUT2D eigenvalue weighted by Crippen LogP contribution is -2.41. The molecule has 0 aliphatic rings. The van der Waals surface area contributed by atoms with Gasteiger partial charge in [0.15, 0.2) is 0 Å². The molecule has 6 aromatic rings. The van der Waals surface area contributed by atoms with Gasteiger partial charge in [-0.2, -0.15) is 13.2 Å². The van der Waals surface area contributed by atoms with Crippen LogP contribution in [0.3, 0.4) is 0 Å². The molecule has 49 heavy (non-hydrogen) atoms. The molecular formula is C38H30F3N5O3. The topological polar surface area (TPSA) is 95.8 Å². The normalized spacial score (nSPS) is 11.9. The number of carbonyl (C=O) groups is 3. The molecule has 0 aliphatic heterocycles. The Morgan fingerprint density at radius 3 is 2.20 bits per heavy atom. The second kappa shape index (κ2) is 13.9. The molecule has 0 radical (unpaired) electrons. The van der Waals surface area contributed by atoms with Gasteiger partial charge in [0.2, 0.25) is 12.3 Å². The monoisotopic (exact) mass is 661 g/mol. The van der Waals surface area contributed by atoms with Crippen molar-refractivity contribution in [2.24, 2.45) is 0 Å². The number of nitrogens with zero attached hydrogens (tertiary/aromatic N) is 3. The zero-order valence-electron chi connectivity index (χ0n) is 26.2. The first-order valence-corrected chi connectivity index (χ1v) is 15.3. The van der Waals surface area contributed by atoms with Gasteiger partial charge in [0.05, 0.1) is 5.56 Å². The fourth-order valence-corrected chi connectivity index (χ4v) is 5.72. The molecule has 0 saturated heterocycles. The number of fused-ring (bicyclic) bond motifs is 1. The Morgan fingerprint density at radius 2 is 1.53 bits per heavy atom. The fraction of sp³-hybridized carbons (Fsp3) is 0.105. The van der Waals surface area contributed by atoms with Crippen molar-refractivity contribution in [1.82, 2.24) is 19.6 Å². The van der Waals surface area contributed by atoms with Crippen molar-refractivity contribution in [1.29, 1.82) is 0 Å². The Morgan fingerprint density at radius 1 is 0.857 bits per heavy atom. The maximum Gasteiger partial charge on any atom is 0.416 e. The van der Waals surface area contributed by atoms with Gasteiger partial charge in [0, 0.05) is 42.8 Å². The van der Waals surface area contributed by atoms with Gasteiger partial charge in [0.1, 0.15) is 17.4 Å². The van der Waals surface area contributed by atoms with Crippen LogP contribution in [0.2, 0.25) is 0 Å². The summed E-state index contributed by atoms with van der Waals surface area (Å²) in [5.74, 6) is -0.891. The minimum absolute atomic E-state index is 0.0464. The van der Waals surface area contributed by atoms with Gasteiger partial charge in [-0.25, -0.2) is 4.98 Å². The number of carbonyl (C=O) groups excluding carboxylic acids is 3. The number of halogens is 3. The Kier molecular flexibility index (Phi) is 9.25. The van der Waals surface area contributed by atoms with Gasteiger partial charge < -0.3 is 19.9 Å². The van der Waals surface area contributed by atoms with Crippen LogP contribution in [0.15, 0.2) is 128 Å². The van der Waals surface area contributed by atoms with E-state index in [1.54, 1.807) is 83.3 Å². The molecule has 6 rings (SSSR count). The zero-order chi connectivity index (χ0) is 34.5. The Hall–Kier alpha value is -6.23. The van der Waals surface area contributed by atoms with Gasteiger partial charge in [-0.05, 0) is 52.6 Å². The van der Waals surface area contributed by atoms with Crippen molar-refractivity contribution in [3.63, 3.8) is 0 Å². The number of amides is 3. The number of imidazole rings is 1. The standard InChI is InChI=1S/C38H30F3N5O3/c1-45(22-25-10-4-2-5-11-25)37(49)34(27-12-6-3-7-13-27)44-36(48)32-23-46-21-9-15-30(35(46)43-32)29-14-8-16-31(42-24-47)33(29)26-17-19-28(20-18-26)38(39,40)41/h2-21,23-24,34H,22H2,1H3,(H,42,47)(H,44,48)/t34-/m0/s1. The van der Waals surface area contributed by atoms with Crippen LogP contribution < -0.4 is 10.6 Å². The highest BCUT2D eigenvalue weighted by Crippen LogP contribution is 2.40. The molecule has 8 nitrogen and oxygen atoms in total. The molecule has 0 unspecified atom stereocenters. The molecule has 11 heteroatoms. The van der Waals surface area contributed by atoms with Gasteiger partial charge >= 0.3 is 6.18 Å². The Balaban J connectivity index is 1.36. The zero-order valence-corrected chi connectivity index (χ0v) is 26.2. The van der Waals surface area contributed by atoms with E-state index in [4.69, 9.17) is 0 Å². The largest absolute Gasteiger partial charge is 0.416 e. The summed E-state index contributed by atoms with van der Waals surface area (Å²) in [5.41, 5.74) is 3.57. The molecule has 0 aliphatic carbocycles. The molecule has 3 amide bonds. The molecule has 1 atom stereocenters. The first-order valence-electron chi connectivity index (χ1n) is 15.3. The van der Waals surface area contributed by atoms with Crippen molar-refractivity contribution in [3.05, 3.63) is 150 Å². The van der Waals surface area contributed by atoms with Crippen molar-refractivity contribution < 1.29 is 27.6 Å². The van der Waals surface area contributed by atoms with Crippen LogP contribution in [0.4, 0.5) is 18.9 Å². The summed E-state index contributed by atoms with van der Waals surface area (Å²) in [6, 6.07) is 30.7. The van der Waals surface area contributed by atoms with E-state index in [1.807, 2.05) is 36.4 Å². The number of hydrogen-bond donors (Lipinski definition) is 2. The fourth-order valence-electron chi connectivity index (χ4n) is 5.72. The van der Waals surface area contributed by atoms with Crippen LogP contribution in [-0.4, -0.2) is 39.6 Å². The number of aromatic nitrogens is 2. The summed E-state index contributed by atoms with van der Waals surface area (Å²) < 4.78 is 41.7. The van der Waals surface area contributed by atoms with Crippen LogP contribution in [0.25, 0.3) is 27.9 Å². The van der Waals surface area contributed by atoms with Crippen LogP contribution in [0, 0.1) is 0 Å². The summed E-state index contributed by atoms with van der Waals surface area (Å²) in [6.07, 6.45) is -0.768. The number of rotatable bonds is 10. The Labute approximate surface area is 279 Å². The second-order valence-corrected chi connectivity index (χ2v) is 11.3. The van der Waals surface area contributed by atoms with Gasteiger partial charge in [-0.15, -0.1) is 0 Å². The van der Waals surface area contributed by atoms with E-state index >= 15 is 0 Å². The molecule has 246 valence electrons. The third-order valence-electron chi connectivity index (χ3n) is 8.08. The summed E-state index contributed by atoms with van der Waals surface area (Å²) in [6.45, 7) is 0.343. The first-order chi connectivity index (χ1) is 23.6. The SMILES string of the molecule is CN(Cc1ccccc1)C(=O)[C@@H](NC(=O)c1cn2cccc(-c3cccc(NC=O)c3-c3ccc(C(F)(F)F)cc3)c2n1)c1ccccc1. The van der Waals surface area contributed by atoms with E-state index in [2.05, 4.69) is 15.6 Å². The number of alkyl halides is 3. The minimum atomic E-state index is -4.51. The molecule has 4 aromatic carbocycles. The van der Waals surface area contributed by atoms with E-state index in [0.717, 1.165) is 17.7 Å². The third-order valence-corrected chi connectivity index (χ3v) is 8.08. The lowest BCUT2D eigenvalue weighted by molar-refractivity contribution is -0.137. The lowest BCUT2D eigenvalue weighted by Gasteiger charge is -2.25. The molecule has 2 N–H and O–H groups in total. The number of benzene rings is 4. The number of nitrogens with one attached hydrogen (secondary N) is 2. The number of pyridine rings is 1. The highest BCUT2D eigenvalue weighted by molar-refractivity contribution is 6.00. The van der Waals surface area contributed by atoms with Gasteiger partial charge in [0.25, 0.3) is 5.91 Å². The predicted octanol–water partition coefficient (Wildman–Crippen LogP) is 7.39. The summed E-state index contributed by atoms with van der Waals surface area (Å²) in [7, 11) is 1.68. The maximum absolute atomic E-state index is 13.8. The van der Waals surface area contributed by atoms with Crippen LogP contribution in [0.5, 0.6) is 0 Å². The van der Waals surface area contributed by atoms with Crippen LogP contribution in [-0.2, 0) is 22.3 Å². The van der Waals surface area contributed by atoms with Crippen molar-refractivity contribution >= 4 is 29.6 Å². The summed E-state index contributed by atoms with van der Waals surface area (Å²) in [5, 5.41) is 5.51. The van der Waals surface area contributed by atoms with E-state index < -0.39 is 23.7 Å². The molecule has 0 spiro atoms. The maximum atomic E-state index is 13.8. The first kappa shape index (κ1) is 32.7. The average Bonchev–Trinajstić information content (AvgIpc) is 3.56. The predicted molar refractivity (Wildman–Crippen MR) is 180 cm³/mol. The lowest BCUT2D eigenvalue weighted by atomic mass is 9.92. The van der Waals surface area contributed by atoms with Crippen molar-refractivity contribution in [2.75, 3.05) is 12.4 Å². The van der Waals surface area contributed by atoms with Crippen molar-refractivity contribution in [2.45, 2.75) is 18.8 Å². The molecule has 0 fully saturated rings. The minimum Gasteiger partial charge on any atom is -0.339 e. The quantitative estimate of drug-likeness (QED) is 0.150. The molecular weight excluding hydrogens is 631 g/mol. The van der Waals surface area contributed by atoms with E-state index in [1.165, 1.54) is 12.1 Å². The molecule has 0 saturated carbocycles. The van der Waals surface area contributed by atoms with Gasteiger partial charge in [-0.3, -0.25) is 14.4 Å². The highest BCUT2D eigenvalue weighted by Gasteiger charge is 2.31. The number of anilines is 1. The second-order valence-electron chi connectivity index (χ2n) is 11.3. The molecule has 0 bridgehead atoms. The average molecular weight is 662 g/mol. The van der Waals surface area contributed by atoms with Crippen LogP contribution >= 0.6 is 0 Å². The summed E-state index contributed by atoms with van der Waals surface area (Å²) in [4.78, 5) is 45.2.